The topological polar surface area (TPSA) is 0 Å². The fraction of sp³-hybridized carbons (Fsp3) is 0.333. The minimum absolute atomic E-state index is 0.279. The predicted molar refractivity (Wildman–Crippen MR) is 47.2 cm³/mol. The quantitative estimate of drug-likeness (QED) is 0.328. The maximum absolute atomic E-state index is 13.0. The lowest BCUT2D eigenvalue weighted by atomic mass is 10.3. The summed E-state index contributed by atoms with van der Waals surface area (Å²) in [5.41, 5.74) is 0. The summed E-state index contributed by atoms with van der Waals surface area (Å²) < 4.78 is 64.0. The lowest BCUT2D eigenvalue weighted by Crippen LogP contribution is -2.04. The summed E-state index contributed by atoms with van der Waals surface area (Å²) in [6.45, 7) is 3.17. The van der Waals surface area contributed by atoms with Gasteiger partial charge in [0, 0.05) is 5.25 Å². The lowest BCUT2D eigenvalue weighted by Gasteiger charge is -2.09. The van der Waals surface area contributed by atoms with Crippen LogP contribution in [0, 0.1) is 29.1 Å². The summed E-state index contributed by atoms with van der Waals surface area (Å²) in [4.78, 5) is -0.832. The molecule has 84 valence electrons. The minimum atomic E-state index is -2.13. The molecular weight excluding hydrogens is 235 g/mol. The van der Waals surface area contributed by atoms with Crippen molar-refractivity contribution in [2.45, 2.75) is 24.0 Å². The molecule has 0 fully saturated rings. The van der Waals surface area contributed by atoms with E-state index >= 15 is 0 Å². The smallest absolute Gasteiger partial charge is 0.200 e. The molecule has 0 aliphatic heterocycles. The van der Waals surface area contributed by atoms with Gasteiger partial charge in [0.25, 0.3) is 0 Å². The van der Waals surface area contributed by atoms with Gasteiger partial charge >= 0.3 is 0 Å². The Kier molecular flexibility index (Phi) is 3.59. The molecule has 0 heterocycles. The van der Waals surface area contributed by atoms with Crippen LogP contribution in [0.15, 0.2) is 4.90 Å². The van der Waals surface area contributed by atoms with Crippen molar-refractivity contribution in [2.24, 2.45) is 0 Å². The Balaban J connectivity index is 3.39. The van der Waals surface area contributed by atoms with Crippen molar-refractivity contribution in [3.05, 3.63) is 29.1 Å². The number of thioether (sulfide) groups is 1. The van der Waals surface area contributed by atoms with Crippen molar-refractivity contribution < 1.29 is 22.0 Å². The number of hydrogen-bond donors (Lipinski definition) is 0. The van der Waals surface area contributed by atoms with Crippen LogP contribution in [-0.2, 0) is 0 Å². The Bertz CT molecular complexity index is 360. The molecule has 0 nitrogen and oxygen atoms in total. The number of hydrogen-bond acceptors (Lipinski definition) is 1. The third-order valence-corrected chi connectivity index (χ3v) is 2.59. The molecule has 0 saturated carbocycles. The summed E-state index contributed by atoms with van der Waals surface area (Å²) >= 11 is 0.592. The molecule has 0 saturated heterocycles. The second-order valence-corrected chi connectivity index (χ2v) is 4.65. The van der Waals surface area contributed by atoms with Crippen molar-refractivity contribution in [3.8, 4) is 0 Å². The molecule has 0 aliphatic rings. The van der Waals surface area contributed by atoms with Crippen molar-refractivity contribution in [1.29, 1.82) is 0 Å². The van der Waals surface area contributed by atoms with Gasteiger partial charge in [-0.15, -0.1) is 11.8 Å². The molecule has 15 heavy (non-hydrogen) atoms. The van der Waals surface area contributed by atoms with Gasteiger partial charge in [0.2, 0.25) is 5.82 Å². The summed E-state index contributed by atoms with van der Waals surface area (Å²) in [6, 6.07) is 0. The van der Waals surface area contributed by atoms with Crippen LogP contribution in [0.3, 0.4) is 0 Å². The predicted octanol–water partition coefficient (Wildman–Crippen LogP) is 3.88. The van der Waals surface area contributed by atoms with Gasteiger partial charge in [-0.05, 0) is 0 Å². The maximum Gasteiger partial charge on any atom is 0.200 e. The van der Waals surface area contributed by atoms with Crippen LogP contribution in [0.5, 0.6) is 0 Å². The molecule has 0 spiro atoms. The standard InChI is InChI=1S/C9H7F5S/c1-3(2)15-9-7(13)5(11)4(10)6(12)8(9)14/h3H,1-2H3. The summed E-state index contributed by atoms with van der Waals surface area (Å²) in [5, 5.41) is -0.279. The van der Waals surface area contributed by atoms with E-state index in [9.17, 15) is 22.0 Å². The second kappa shape index (κ2) is 4.38. The first-order valence-electron chi connectivity index (χ1n) is 4.04. The van der Waals surface area contributed by atoms with E-state index in [0.29, 0.717) is 11.8 Å². The first-order chi connectivity index (χ1) is 6.86. The Morgan fingerprint density at radius 2 is 1.07 bits per heavy atom. The van der Waals surface area contributed by atoms with Gasteiger partial charge in [-0.25, -0.2) is 22.0 Å². The van der Waals surface area contributed by atoms with Gasteiger partial charge < -0.3 is 0 Å². The van der Waals surface area contributed by atoms with Crippen LogP contribution < -0.4 is 0 Å². The Hall–Kier alpha value is -0.780. The van der Waals surface area contributed by atoms with Crippen LogP contribution in [0.4, 0.5) is 22.0 Å². The molecule has 0 bridgehead atoms. The highest BCUT2D eigenvalue weighted by Gasteiger charge is 2.26. The fourth-order valence-corrected chi connectivity index (χ4v) is 1.78. The largest absolute Gasteiger partial charge is 0.202 e. The molecule has 1 aromatic rings. The fourth-order valence-electron chi connectivity index (χ4n) is 0.924. The van der Waals surface area contributed by atoms with Gasteiger partial charge in [0.1, 0.15) is 0 Å². The zero-order valence-corrected chi connectivity index (χ0v) is 8.69. The molecule has 1 rings (SSSR count). The molecule has 6 heteroatoms. The third kappa shape index (κ3) is 2.25. The van der Waals surface area contributed by atoms with Gasteiger partial charge in [0.15, 0.2) is 23.3 Å². The molecule has 0 atom stereocenters. The van der Waals surface area contributed by atoms with Crippen LogP contribution in [0.25, 0.3) is 0 Å². The van der Waals surface area contributed by atoms with Crippen LogP contribution in [0.1, 0.15) is 13.8 Å². The van der Waals surface area contributed by atoms with E-state index in [-0.39, 0.29) is 5.25 Å². The molecular formula is C9H7F5S. The molecule has 0 aromatic heterocycles. The van der Waals surface area contributed by atoms with Crippen molar-refractivity contribution in [1.82, 2.24) is 0 Å². The average molecular weight is 242 g/mol. The highest BCUT2D eigenvalue weighted by molar-refractivity contribution is 7.99. The monoisotopic (exact) mass is 242 g/mol. The van der Waals surface area contributed by atoms with E-state index in [1.165, 1.54) is 0 Å². The summed E-state index contributed by atoms with van der Waals surface area (Å²) in [6.07, 6.45) is 0. The SMILES string of the molecule is CC(C)Sc1c(F)c(F)c(F)c(F)c1F. The van der Waals surface area contributed by atoms with Gasteiger partial charge in [-0.1, -0.05) is 13.8 Å². The van der Waals surface area contributed by atoms with Crippen molar-refractivity contribution in [3.63, 3.8) is 0 Å². The second-order valence-electron chi connectivity index (χ2n) is 3.07. The molecule has 0 N–H and O–H groups in total. The third-order valence-electron chi connectivity index (χ3n) is 1.52. The van der Waals surface area contributed by atoms with Crippen molar-refractivity contribution >= 4 is 11.8 Å². The Labute approximate surface area is 87.5 Å². The average Bonchev–Trinajstić information content (AvgIpc) is 2.18. The molecule has 0 radical (unpaired) electrons. The normalized spacial score (nSPS) is 11.2. The minimum Gasteiger partial charge on any atom is -0.202 e. The van der Waals surface area contributed by atoms with Gasteiger partial charge in [0.05, 0.1) is 4.90 Å². The van der Waals surface area contributed by atoms with E-state index in [4.69, 9.17) is 0 Å². The Morgan fingerprint density at radius 1 is 0.733 bits per heavy atom. The highest BCUT2D eigenvalue weighted by atomic mass is 32.2. The van der Waals surface area contributed by atoms with Crippen LogP contribution in [-0.4, -0.2) is 5.25 Å². The summed E-state index contributed by atoms with van der Waals surface area (Å²) in [7, 11) is 0. The summed E-state index contributed by atoms with van der Waals surface area (Å²) in [5.74, 6) is -9.48. The lowest BCUT2D eigenvalue weighted by molar-refractivity contribution is 0.360. The van der Waals surface area contributed by atoms with E-state index in [1.54, 1.807) is 13.8 Å². The van der Waals surface area contributed by atoms with Crippen LogP contribution >= 0.6 is 11.8 Å². The molecule has 1 aromatic carbocycles. The first-order valence-corrected chi connectivity index (χ1v) is 4.92. The Morgan fingerprint density at radius 3 is 1.40 bits per heavy atom. The van der Waals surface area contributed by atoms with E-state index in [0.717, 1.165) is 0 Å². The van der Waals surface area contributed by atoms with Gasteiger partial charge in [-0.3, -0.25) is 0 Å². The van der Waals surface area contributed by atoms with Crippen LogP contribution in [0.2, 0.25) is 0 Å². The molecule has 0 aliphatic carbocycles. The molecule has 0 amide bonds. The molecule has 0 unspecified atom stereocenters. The first kappa shape index (κ1) is 12.3. The maximum atomic E-state index is 13.0. The van der Waals surface area contributed by atoms with Gasteiger partial charge in [-0.2, -0.15) is 0 Å². The van der Waals surface area contributed by atoms with E-state index in [1.807, 2.05) is 0 Å². The van der Waals surface area contributed by atoms with E-state index in [2.05, 4.69) is 0 Å². The number of rotatable bonds is 2. The zero-order chi connectivity index (χ0) is 11.7. The van der Waals surface area contributed by atoms with Crippen molar-refractivity contribution in [2.75, 3.05) is 0 Å². The number of benzene rings is 1. The zero-order valence-electron chi connectivity index (χ0n) is 7.88. The highest BCUT2D eigenvalue weighted by Crippen LogP contribution is 2.32. The van der Waals surface area contributed by atoms with E-state index < -0.39 is 34.0 Å². The number of halogens is 5.